The average molecular weight is 387 g/mol. The summed E-state index contributed by atoms with van der Waals surface area (Å²) in [5.41, 5.74) is 3.59. The van der Waals surface area contributed by atoms with Crippen LogP contribution in [0.2, 0.25) is 15.1 Å². The quantitative estimate of drug-likeness (QED) is 0.657. The van der Waals surface area contributed by atoms with Gasteiger partial charge in [-0.25, -0.2) is 0 Å². The molecule has 0 fully saturated rings. The van der Waals surface area contributed by atoms with Crippen LogP contribution in [-0.4, -0.2) is 12.0 Å². The number of anilines is 1. The molecule has 6 heteroatoms. The molecule has 3 nitrogen and oxygen atoms in total. The first-order chi connectivity index (χ1) is 11.2. The highest BCUT2D eigenvalue weighted by Crippen LogP contribution is 2.32. The van der Waals surface area contributed by atoms with Crippen molar-refractivity contribution >= 4 is 46.4 Å². The van der Waals surface area contributed by atoms with Gasteiger partial charge in [-0.2, -0.15) is 0 Å². The number of carbonyl (C=O) groups is 1. The molecule has 1 N–H and O–H groups in total. The van der Waals surface area contributed by atoms with Gasteiger partial charge in [0, 0.05) is 0 Å². The monoisotopic (exact) mass is 385 g/mol. The van der Waals surface area contributed by atoms with Crippen molar-refractivity contribution in [3.8, 4) is 5.75 Å². The lowest BCUT2D eigenvalue weighted by Gasteiger charge is -2.18. The highest BCUT2D eigenvalue weighted by molar-refractivity contribution is 6.44. The summed E-state index contributed by atoms with van der Waals surface area (Å²) in [6.45, 7) is 7.64. The van der Waals surface area contributed by atoms with Crippen LogP contribution in [0.4, 0.5) is 5.69 Å². The lowest BCUT2D eigenvalue weighted by molar-refractivity contribution is -0.122. The summed E-state index contributed by atoms with van der Waals surface area (Å²) in [4.78, 5) is 12.4. The van der Waals surface area contributed by atoms with Crippen LogP contribution in [0.15, 0.2) is 24.3 Å². The molecular weight excluding hydrogens is 369 g/mol. The Labute approximate surface area is 156 Å². The van der Waals surface area contributed by atoms with Gasteiger partial charge in [0.25, 0.3) is 5.91 Å². The second kappa shape index (κ2) is 7.64. The number of aryl methyl sites for hydroxylation is 2. The van der Waals surface area contributed by atoms with Gasteiger partial charge in [-0.3, -0.25) is 4.79 Å². The van der Waals surface area contributed by atoms with Gasteiger partial charge in [-0.05, 0) is 62.6 Å². The molecule has 2 rings (SSSR count). The van der Waals surface area contributed by atoms with Crippen LogP contribution in [-0.2, 0) is 4.79 Å². The van der Waals surface area contributed by atoms with Crippen LogP contribution in [0.25, 0.3) is 0 Å². The van der Waals surface area contributed by atoms with Crippen molar-refractivity contribution in [2.24, 2.45) is 0 Å². The van der Waals surface area contributed by atoms with E-state index in [2.05, 4.69) is 11.4 Å². The van der Waals surface area contributed by atoms with E-state index in [4.69, 9.17) is 39.5 Å². The smallest absolute Gasteiger partial charge is 0.265 e. The Kier molecular flexibility index (Phi) is 6.02. The van der Waals surface area contributed by atoms with Gasteiger partial charge in [-0.1, -0.05) is 40.9 Å². The predicted octanol–water partition coefficient (Wildman–Crippen LogP) is 5.98. The summed E-state index contributed by atoms with van der Waals surface area (Å²) in [7, 11) is 0. The Hall–Kier alpha value is -1.42. The Balaban J connectivity index is 2.15. The van der Waals surface area contributed by atoms with Crippen LogP contribution in [0, 0.1) is 20.8 Å². The van der Waals surface area contributed by atoms with Gasteiger partial charge in [0.1, 0.15) is 5.75 Å². The number of rotatable bonds is 4. The molecule has 0 radical (unpaired) electrons. The first-order valence-corrected chi connectivity index (χ1v) is 8.52. The molecule has 128 valence electrons. The molecule has 0 saturated carbocycles. The minimum Gasteiger partial charge on any atom is -0.481 e. The first-order valence-electron chi connectivity index (χ1n) is 7.39. The van der Waals surface area contributed by atoms with Crippen LogP contribution in [0.5, 0.6) is 5.75 Å². The molecule has 0 aliphatic heterocycles. The molecule has 0 aliphatic carbocycles. The van der Waals surface area contributed by atoms with Crippen LogP contribution in [0.1, 0.15) is 23.6 Å². The second-order valence-corrected chi connectivity index (χ2v) is 6.92. The molecule has 2 aromatic rings. The summed E-state index contributed by atoms with van der Waals surface area (Å²) in [6.07, 6.45) is -0.699. The SMILES string of the molecule is Cc1cc(C)c(C)c(O[C@H](C)C(=O)Nc2cc(Cl)c(Cl)cc2Cl)c1. The van der Waals surface area contributed by atoms with Crippen LogP contribution < -0.4 is 10.1 Å². The summed E-state index contributed by atoms with van der Waals surface area (Å²) < 4.78 is 5.82. The lowest BCUT2D eigenvalue weighted by atomic mass is 10.1. The van der Waals surface area contributed by atoms with Crippen molar-refractivity contribution in [1.29, 1.82) is 0 Å². The van der Waals surface area contributed by atoms with Gasteiger partial charge in [0.05, 0.1) is 20.8 Å². The lowest BCUT2D eigenvalue weighted by Crippen LogP contribution is -2.30. The number of nitrogens with one attached hydrogen (secondary N) is 1. The third-order valence-corrected chi connectivity index (χ3v) is 4.74. The van der Waals surface area contributed by atoms with E-state index in [0.717, 1.165) is 16.7 Å². The Morgan fingerprint density at radius 1 is 1.00 bits per heavy atom. The third kappa shape index (κ3) is 4.35. The number of hydrogen-bond acceptors (Lipinski definition) is 2. The zero-order valence-electron chi connectivity index (χ0n) is 13.8. The van der Waals surface area contributed by atoms with Crippen molar-refractivity contribution in [3.05, 3.63) is 56.0 Å². The highest BCUT2D eigenvalue weighted by Gasteiger charge is 2.18. The van der Waals surface area contributed by atoms with Crippen LogP contribution in [0.3, 0.4) is 0 Å². The van der Waals surface area contributed by atoms with E-state index in [-0.39, 0.29) is 5.91 Å². The van der Waals surface area contributed by atoms with Gasteiger partial charge < -0.3 is 10.1 Å². The van der Waals surface area contributed by atoms with E-state index in [1.807, 2.05) is 26.8 Å². The zero-order valence-corrected chi connectivity index (χ0v) is 16.1. The number of hydrogen-bond donors (Lipinski definition) is 1. The fraction of sp³-hybridized carbons (Fsp3) is 0.278. The number of carbonyl (C=O) groups excluding carboxylic acids is 1. The maximum Gasteiger partial charge on any atom is 0.265 e. The molecule has 0 unspecified atom stereocenters. The Morgan fingerprint density at radius 3 is 2.29 bits per heavy atom. The summed E-state index contributed by atoms with van der Waals surface area (Å²) in [5.74, 6) is 0.365. The average Bonchev–Trinajstić information content (AvgIpc) is 2.49. The molecule has 0 saturated heterocycles. The Morgan fingerprint density at radius 2 is 1.62 bits per heavy atom. The fourth-order valence-electron chi connectivity index (χ4n) is 2.22. The highest BCUT2D eigenvalue weighted by atomic mass is 35.5. The largest absolute Gasteiger partial charge is 0.481 e. The minimum absolute atomic E-state index is 0.313. The van der Waals surface area contributed by atoms with Crippen molar-refractivity contribution in [3.63, 3.8) is 0 Å². The van der Waals surface area contributed by atoms with Crippen molar-refractivity contribution < 1.29 is 9.53 Å². The molecule has 0 heterocycles. The third-order valence-electron chi connectivity index (χ3n) is 3.70. The van der Waals surface area contributed by atoms with E-state index in [1.165, 1.54) is 12.1 Å². The molecule has 2 aromatic carbocycles. The normalized spacial score (nSPS) is 12.0. The number of halogens is 3. The van der Waals surface area contributed by atoms with Crippen LogP contribution >= 0.6 is 34.8 Å². The van der Waals surface area contributed by atoms with Crippen molar-refractivity contribution in [1.82, 2.24) is 0 Å². The topological polar surface area (TPSA) is 38.3 Å². The van der Waals surface area contributed by atoms with E-state index < -0.39 is 6.10 Å². The maximum absolute atomic E-state index is 12.4. The van der Waals surface area contributed by atoms with Gasteiger partial charge in [0.15, 0.2) is 6.10 Å². The molecule has 0 aliphatic rings. The second-order valence-electron chi connectivity index (χ2n) is 5.70. The predicted molar refractivity (Wildman–Crippen MR) is 101 cm³/mol. The maximum atomic E-state index is 12.4. The number of amides is 1. The van der Waals surface area contributed by atoms with Gasteiger partial charge in [-0.15, -0.1) is 0 Å². The minimum atomic E-state index is -0.699. The molecule has 0 bridgehead atoms. The number of benzene rings is 2. The van der Waals surface area contributed by atoms with E-state index in [9.17, 15) is 4.79 Å². The van der Waals surface area contributed by atoms with E-state index >= 15 is 0 Å². The fourth-order valence-corrected chi connectivity index (χ4v) is 2.81. The van der Waals surface area contributed by atoms with Gasteiger partial charge >= 0.3 is 0 Å². The van der Waals surface area contributed by atoms with Gasteiger partial charge in [0.2, 0.25) is 0 Å². The Bertz CT molecular complexity index is 790. The van der Waals surface area contributed by atoms with E-state index in [0.29, 0.717) is 26.5 Å². The number of ether oxygens (including phenoxy) is 1. The summed E-state index contributed by atoms with van der Waals surface area (Å²) >= 11 is 17.9. The van der Waals surface area contributed by atoms with E-state index in [1.54, 1.807) is 6.92 Å². The summed E-state index contributed by atoms with van der Waals surface area (Å²) in [5, 5.41) is 3.66. The molecule has 24 heavy (non-hydrogen) atoms. The molecule has 1 atom stereocenters. The van der Waals surface area contributed by atoms with Crippen molar-refractivity contribution in [2.45, 2.75) is 33.8 Å². The molecule has 0 aromatic heterocycles. The summed E-state index contributed by atoms with van der Waals surface area (Å²) in [6, 6.07) is 6.99. The first kappa shape index (κ1) is 18.9. The molecule has 0 spiro atoms. The van der Waals surface area contributed by atoms with Crippen molar-refractivity contribution in [2.75, 3.05) is 5.32 Å². The molecule has 1 amide bonds. The molecular formula is C18H18Cl3NO2. The standard InChI is InChI=1S/C18H18Cl3NO2/c1-9-5-10(2)11(3)17(6-9)24-12(4)18(23)22-16-8-14(20)13(19)7-15(16)21/h5-8,12H,1-4H3,(H,22,23)/t12-/m1/s1. The zero-order chi connectivity index (χ0) is 18.0.